The molecule has 2 rings (SSSR count). The van der Waals surface area contributed by atoms with E-state index < -0.39 is 5.41 Å². The molecule has 1 fully saturated rings. The summed E-state index contributed by atoms with van der Waals surface area (Å²) in [5.74, 6) is 0.0220. The Morgan fingerprint density at radius 1 is 1.50 bits per heavy atom. The molecule has 0 radical (unpaired) electrons. The molecule has 0 spiro atoms. The molecule has 110 valence electrons. The highest BCUT2D eigenvalue weighted by molar-refractivity contribution is 7.80. The average Bonchev–Trinajstić information content (AvgIpc) is 2.91. The Labute approximate surface area is 129 Å². The monoisotopic (exact) mass is 310 g/mol. The SMILES string of the molecule is CC(Cc1cccs1)NC(=O)C1(C(N)=S)CCCCC1. The number of hydrogen-bond donors (Lipinski definition) is 2. The number of rotatable bonds is 5. The molecule has 1 aromatic heterocycles. The molecule has 20 heavy (non-hydrogen) atoms. The van der Waals surface area contributed by atoms with Gasteiger partial charge in [0.15, 0.2) is 0 Å². The third-order valence-electron chi connectivity index (χ3n) is 4.08. The van der Waals surface area contributed by atoms with Crippen molar-refractivity contribution >= 4 is 34.5 Å². The highest BCUT2D eigenvalue weighted by atomic mass is 32.1. The van der Waals surface area contributed by atoms with Gasteiger partial charge in [-0.1, -0.05) is 37.5 Å². The van der Waals surface area contributed by atoms with Gasteiger partial charge in [0, 0.05) is 17.3 Å². The van der Waals surface area contributed by atoms with Crippen molar-refractivity contribution in [3.63, 3.8) is 0 Å². The first-order valence-corrected chi connectivity index (χ1v) is 8.46. The molecular weight excluding hydrogens is 288 g/mol. The quantitative estimate of drug-likeness (QED) is 0.822. The fraction of sp³-hybridized carbons (Fsp3) is 0.600. The first kappa shape index (κ1) is 15.4. The standard InChI is InChI=1S/C15H22N2OS2/c1-11(10-12-6-5-9-20-12)17-14(18)15(13(16)19)7-3-2-4-8-15/h5-6,9,11H,2-4,7-8,10H2,1H3,(H2,16,19)(H,17,18). The highest BCUT2D eigenvalue weighted by Crippen LogP contribution is 2.37. The topological polar surface area (TPSA) is 55.1 Å². The van der Waals surface area contributed by atoms with Gasteiger partial charge in [0.05, 0.1) is 10.4 Å². The van der Waals surface area contributed by atoms with E-state index in [1.807, 2.05) is 13.0 Å². The summed E-state index contributed by atoms with van der Waals surface area (Å²) in [6, 6.07) is 4.23. The number of nitrogens with two attached hydrogens (primary N) is 1. The summed E-state index contributed by atoms with van der Waals surface area (Å²) in [7, 11) is 0. The lowest BCUT2D eigenvalue weighted by Crippen LogP contribution is -2.52. The van der Waals surface area contributed by atoms with Crippen LogP contribution in [-0.2, 0) is 11.2 Å². The molecular formula is C15H22N2OS2. The zero-order valence-corrected chi connectivity index (χ0v) is 13.5. The molecule has 0 aromatic carbocycles. The number of nitrogens with one attached hydrogen (secondary N) is 1. The highest BCUT2D eigenvalue weighted by Gasteiger charge is 2.42. The molecule has 1 unspecified atom stereocenters. The van der Waals surface area contributed by atoms with Gasteiger partial charge < -0.3 is 11.1 Å². The molecule has 1 heterocycles. The van der Waals surface area contributed by atoms with Gasteiger partial charge in [0.2, 0.25) is 5.91 Å². The van der Waals surface area contributed by atoms with Crippen molar-refractivity contribution in [3.8, 4) is 0 Å². The van der Waals surface area contributed by atoms with Gasteiger partial charge in [-0.05, 0) is 31.2 Å². The Kier molecular flexibility index (Phi) is 5.16. The normalized spacial score (nSPS) is 19.2. The van der Waals surface area contributed by atoms with E-state index in [0.717, 1.165) is 32.1 Å². The van der Waals surface area contributed by atoms with Crippen LogP contribution in [0.3, 0.4) is 0 Å². The molecule has 1 aliphatic rings. The minimum Gasteiger partial charge on any atom is -0.392 e. The number of carbonyl (C=O) groups is 1. The maximum atomic E-state index is 12.6. The summed E-state index contributed by atoms with van der Waals surface area (Å²) in [4.78, 5) is 14.3. The largest absolute Gasteiger partial charge is 0.392 e. The average molecular weight is 310 g/mol. The summed E-state index contributed by atoms with van der Waals surface area (Å²) in [6.45, 7) is 2.04. The first-order chi connectivity index (χ1) is 9.54. The predicted molar refractivity (Wildman–Crippen MR) is 87.9 cm³/mol. The van der Waals surface area contributed by atoms with E-state index in [4.69, 9.17) is 18.0 Å². The van der Waals surface area contributed by atoms with Crippen LogP contribution < -0.4 is 11.1 Å². The Hall–Kier alpha value is -0.940. The number of thiocarbonyl (C=S) groups is 1. The second kappa shape index (κ2) is 6.68. The van der Waals surface area contributed by atoms with E-state index in [9.17, 15) is 4.79 Å². The van der Waals surface area contributed by atoms with Crippen molar-refractivity contribution in [2.24, 2.45) is 11.1 Å². The molecule has 5 heteroatoms. The molecule has 1 amide bonds. The van der Waals surface area contributed by atoms with Crippen LogP contribution in [0.2, 0.25) is 0 Å². The van der Waals surface area contributed by atoms with Crippen LogP contribution in [0, 0.1) is 5.41 Å². The fourth-order valence-electron chi connectivity index (χ4n) is 2.88. The van der Waals surface area contributed by atoms with Crippen molar-refractivity contribution in [1.82, 2.24) is 5.32 Å². The van der Waals surface area contributed by atoms with Gasteiger partial charge in [-0.2, -0.15) is 0 Å². The molecule has 0 bridgehead atoms. The zero-order chi connectivity index (χ0) is 14.6. The summed E-state index contributed by atoms with van der Waals surface area (Å²) < 4.78 is 0. The second-order valence-corrected chi connectivity index (χ2v) is 7.14. The van der Waals surface area contributed by atoms with Crippen LogP contribution in [0.5, 0.6) is 0 Å². The lowest BCUT2D eigenvalue weighted by molar-refractivity contribution is -0.129. The van der Waals surface area contributed by atoms with Crippen molar-refractivity contribution < 1.29 is 4.79 Å². The molecule has 0 aliphatic heterocycles. The first-order valence-electron chi connectivity index (χ1n) is 7.18. The zero-order valence-electron chi connectivity index (χ0n) is 11.9. The molecule has 3 N–H and O–H groups in total. The molecule has 1 atom stereocenters. The van der Waals surface area contributed by atoms with E-state index in [-0.39, 0.29) is 11.9 Å². The Balaban J connectivity index is 1.99. The predicted octanol–water partition coefficient (Wildman–Crippen LogP) is 3.03. The molecule has 1 saturated carbocycles. The van der Waals surface area contributed by atoms with Crippen molar-refractivity contribution in [2.45, 2.75) is 51.5 Å². The Morgan fingerprint density at radius 3 is 2.75 bits per heavy atom. The summed E-state index contributed by atoms with van der Waals surface area (Å²) in [5.41, 5.74) is 5.27. The van der Waals surface area contributed by atoms with Gasteiger partial charge >= 0.3 is 0 Å². The van der Waals surface area contributed by atoms with Crippen molar-refractivity contribution in [1.29, 1.82) is 0 Å². The van der Waals surface area contributed by atoms with Gasteiger partial charge in [0.25, 0.3) is 0 Å². The number of thiophene rings is 1. The van der Waals surface area contributed by atoms with Crippen molar-refractivity contribution in [2.75, 3.05) is 0 Å². The molecule has 3 nitrogen and oxygen atoms in total. The lowest BCUT2D eigenvalue weighted by Gasteiger charge is -2.35. The van der Waals surface area contributed by atoms with E-state index in [0.29, 0.717) is 4.99 Å². The van der Waals surface area contributed by atoms with Gasteiger partial charge in [0.1, 0.15) is 0 Å². The van der Waals surface area contributed by atoms with Crippen molar-refractivity contribution in [3.05, 3.63) is 22.4 Å². The summed E-state index contributed by atoms with van der Waals surface area (Å²) in [6.07, 6.45) is 5.67. The van der Waals surface area contributed by atoms with E-state index in [1.165, 1.54) is 11.3 Å². The Morgan fingerprint density at radius 2 is 2.20 bits per heavy atom. The van der Waals surface area contributed by atoms with Crippen LogP contribution in [-0.4, -0.2) is 16.9 Å². The third-order valence-corrected chi connectivity index (χ3v) is 5.37. The minimum atomic E-state index is -0.614. The second-order valence-electron chi connectivity index (χ2n) is 5.67. The molecule has 1 aromatic rings. The number of hydrogen-bond acceptors (Lipinski definition) is 3. The number of amides is 1. The van der Waals surface area contributed by atoms with Crippen LogP contribution in [0.15, 0.2) is 17.5 Å². The van der Waals surface area contributed by atoms with Gasteiger partial charge in [-0.25, -0.2) is 0 Å². The fourth-order valence-corrected chi connectivity index (χ4v) is 4.02. The lowest BCUT2D eigenvalue weighted by atomic mass is 9.73. The van der Waals surface area contributed by atoms with E-state index in [2.05, 4.69) is 16.8 Å². The summed E-state index contributed by atoms with van der Waals surface area (Å²) >= 11 is 6.91. The molecule has 0 saturated heterocycles. The number of carbonyl (C=O) groups excluding carboxylic acids is 1. The smallest absolute Gasteiger partial charge is 0.233 e. The Bertz CT molecular complexity index is 464. The minimum absolute atomic E-state index is 0.0220. The van der Waals surface area contributed by atoms with Gasteiger partial charge in [-0.15, -0.1) is 11.3 Å². The third kappa shape index (κ3) is 3.38. The van der Waals surface area contributed by atoms with Crippen LogP contribution in [0.4, 0.5) is 0 Å². The maximum Gasteiger partial charge on any atom is 0.233 e. The van der Waals surface area contributed by atoms with Crippen LogP contribution in [0.1, 0.15) is 43.9 Å². The van der Waals surface area contributed by atoms with Gasteiger partial charge in [-0.3, -0.25) is 4.79 Å². The maximum absolute atomic E-state index is 12.6. The van der Waals surface area contributed by atoms with E-state index in [1.54, 1.807) is 11.3 Å². The molecule has 1 aliphatic carbocycles. The van der Waals surface area contributed by atoms with E-state index >= 15 is 0 Å². The summed E-state index contributed by atoms with van der Waals surface area (Å²) in [5, 5.41) is 5.17. The van der Waals surface area contributed by atoms with Crippen LogP contribution in [0.25, 0.3) is 0 Å². The van der Waals surface area contributed by atoms with Crippen LogP contribution >= 0.6 is 23.6 Å².